The SMILES string of the molecule is CC/C=C\C/C=C\CCCCCCCC(=O)OCC(COC(=O)CCCCCCCCCCCC/C=C\C=C/CCCCC)OC(=O)CCCCCCC/C=C\CCCCCCCCCCC. The topological polar surface area (TPSA) is 78.9 Å². The Bertz CT molecular complexity index is 1210. The first kappa shape index (κ1) is 64.1. The number of ether oxygens (including phenoxy) is 3. The molecule has 0 saturated heterocycles. The first-order chi connectivity index (χ1) is 33.0. The van der Waals surface area contributed by atoms with Gasteiger partial charge in [0.25, 0.3) is 0 Å². The lowest BCUT2D eigenvalue weighted by Gasteiger charge is -2.18. The Morgan fingerprint density at radius 1 is 0.328 bits per heavy atom. The van der Waals surface area contributed by atoms with Crippen molar-refractivity contribution in [3.05, 3.63) is 60.8 Å². The minimum Gasteiger partial charge on any atom is -0.462 e. The van der Waals surface area contributed by atoms with Gasteiger partial charge in [-0.05, 0) is 96.3 Å². The number of hydrogen-bond acceptors (Lipinski definition) is 6. The van der Waals surface area contributed by atoms with Crippen molar-refractivity contribution in [2.75, 3.05) is 13.2 Å². The molecule has 0 aliphatic rings. The van der Waals surface area contributed by atoms with Gasteiger partial charge in [-0.25, -0.2) is 0 Å². The standard InChI is InChI=1S/C61H108O6/c1-4-7-10-13-16-19-22-25-27-29-31-33-34-36-39-42-45-48-51-54-60(63)66-57-58(56-65-59(62)53-50-47-44-41-38-24-21-18-15-12-9-6-3)67-61(64)55-52-49-46-43-40-37-35-32-30-28-26-23-20-17-14-11-8-5-2/h9,12,16,18-19,21-22,25,32,35,58H,4-8,10-11,13-15,17,20,23-24,26-31,33-34,36-57H2,1-3H3/b12-9-,19-16-,21-18-,25-22-,35-32-. The van der Waals surface area contributed by atoms with E-state index in [2.05, 4.69) is 81.5 Å². The van der Waals surface area contributed by atoms with Gasteiger partial charge in [0.05, 0.1) is 0 Å². The van der Waals surface area contributed by atoms with Gasteiger partial charge in [-0.3, -0.25) is 14.4 Å². The summed E-state index contributed by atoms with van der Waals surface area (Å²) >= 11 is 0. The molecule has 0 N–H and O–H groups in total. The molecule has 1 unspecified atom stereocenters. The highest BCUT2D eigenvalue weighted by atomic mass is 16.6. The van der Waals surface area contributed by atoms with Crippen LogP contribution in [0.25, 0.3) is 0 Å². The number of esters is 3. The van der Waals surface area contributed by atoms with Gasteiger partial charge in [-0.1, -0.05) is 236 Å². The van der Waals surface area contributed by atoms with Crippen LogP contribution in [0.3, 0.4) is 0 Å². The molecule has 1 atom stereocenters. The maximum atomic E-state index is 12.8. The average molecular weight is 938 g/mol. The number of allylic oxidation sites excluding steroid dienone is 10. The fourth-order valence-corrected chi connectivity index (χ4v) is 8.17. The quantitative estimate of drug-likeness (QED) is 0.0199. The van der Waals surface area contributed by atoms with Gasteiger partial charge in [0.15, 0.2) is 6.10 Å². The van der Waals surface area contributed by atoms with Gasteiger partial charge < -0.3 is 14.2 Å². The van der Waals surface area contributed by atoms with Crippen LogP contribution < -0.4 is 0 Å². The molecular weight excluding hydrogens is 829 g/mol. The Labute approximate surface area is 415 Å². The van der Waals surface area contributed by atoms with Gasteiger partial charge >= 0.3 is 17.9 Å². The summed E-state index contributed by atoms with van der Waals surface area (Å²) in [7, 11) is 0. The lowest BCUT2D eigenvalue weighted by Crippen LogP contribution is -2.30. The summed E-state index contributed by atoms with van der Waals surface area (Å²) in [4.78, 5) is 38.1. The molecule has 0 aliphatic carbocycles. The van der Waals surface area contributed by atoms with Crippen LogP contribution in [0.5, 0.6) is 0 Å². The molecule has 0 radical (unpaired) electrons. The van der Waals surface area contributed by atoms with Crippen molar-refractivity contribution in [1.82, 2.24) is 0 Å². The van der Waals surface area contributed by atoms with Crippen LogP contribution in [-0.2, 0) is 28.6 Å². The summed E-state index contributed by atoms with van der Waals surface area (Å²) in [6.45, 7) is 6.51. The second-order valence-electron chi connectivity index (χ2n) is 19.2. The molecule has 67 heavy (non-hydrogen) atoms. The summed E-state index contributed by atoms with van der Waals surface area (Å²) in [5.74, 6) is -0.900. The predicted molar refractivity (Wildman–Crippen MR) is 288 cm³/mol. The lowest BCUT2D eigenvalue weighted by molar-refractivity contribution is -0.167. The van der Waals surface area contributed by atoms with Crippen molar-refractivity contribution in [2.45, 2.75) is 297 Å². The van der Waals surface area contributed by atoms with Gasteiger partial charge in [0, 0.05) is 19.3 Å². The Morgan fingerprint density at radius 2 is 0.627 bits per heavy atom. The molecule has 0 spiro atoms. The zero-order chi connectivity index (χ0) is 48.6. The highest BCUT2D eigenvalue weighted by Crippen LogP contribution is 2.15. The van der Waals surface area contributed by atoms with Gasteiger partial charge in [-0.2, -0.15) is 0 Å². The normalized spacial score (nSPS) is 12.5. The molecule has 0 heterocycles. The van der Waals surface area contributed by atoms with Crippen LogP contribution in [0, 0.1) is 0 Å². The van der Waals surface area contributed by atoms with Crippen LogP contribution in [0.1, 0.15) is 290 Å². The van der Waals surface area contributed by atoms with Crippen LogP contribution in [0.2, 0.25) is 0 Å². The molecule has 0 bridgehead atoms. The second-order valence-corrected chi connectivity index (χ2v) is 19.2. The third-order valence-electron chi connectivity index (χ3n) is 12.5. The summed E-state index contributed by atoms with van der Waals surface area (Å²) in [6, 6.07) is 0. The van der Waals surface area contributed by atoms with Crippen molar-refractivity contribution < 1.29 is 28.6 Å². The molecule has 0 aromatic rings. The number of carbonyl (C=O) groups excluding carboxylic acids is 3. The van der Waals surface area contributed by atoms with Crippen LogP contribution in [0.4, 0.5) is 0 Å². The van der Waals surface area contributed by atoms with Gasteiger partial charge in [0.2, 0.25) is 0 Å². The summed E-state index contributed by atoms with van der Waals surface area (Å²) in [5.41, 5.74) is 0. The predicted octanol–water partition coefficient (Wildman–Crippen LogP) is 19.2. The third kappa shape index (κ3) is 53.9. The lowest BCUT2D eigenvalue weighted by atomic mass is 10.1. The number of carbonyl (C=O) groups is 3. The van der Waals surface area contributed by atoms with E-state index >= 15 is 0 Å². The van der Waals surface area contributed by atoms with E-state index in [1.807, 2.05) is 0 Å². The molecule has 6 heteroatoms. The Hall–Kier alpha value is -2.89. The van der Waals surface area contributed by atoms with Crippen molar-refractivity contribution in [1.29, 1.82) is 0 Å². The maximum Gasteiger partial charge on any atom is 0.306 e. The highest BCUT2D eigenvalue weighted by Gasteiger charge is 2.19. The van der Waals surface area contributed by atoms with Crippen LogP contribution in [0.15, 0.2) is 60.8 Å². The largest absolute Gasteiger partial charge is 0.462 e. The molecule has 0 fully saturated rings. The van der Waals surface area contributed by atoms with E-state index in [1.54, 1.807) is 0 Å². The van der Waals surface area contributed by atoms with Crippen molar-refractivity contribution in [3.8, 4) is 0 Å². The zero-order valence-electron chi connectivity index (χ0n) is 44.4. The molecule has 0 aromatic heterocycles. The average Bonchev–Trinajstić information content (AvgIpc) is 3.33. The first-order valence-electron chi connectivity index (χ1n) is 28.8. The minimum atomic E-state index is -0.785. The molecule has 0 rings (SSSR count). The Morgan fingerprint density at radius 3 is 1.03 bits per heavy atom. The molecule has 6 nitrogen and oxygen atoms in total. The van der Waals surface area contributed by atoms with E-state index in [9.17, 15) is 14.4 Å². The van der Waals surface area contributed by atoms with Crippen molar-refractivity contribution >= 4 is 17.9 Å². The van der Waals surface area contributed by atoms with E-state index in [0.717, 1.165) is 103 Å². The molecule has 388 valence electrons. The number of unbranched alkanes of at least 4 members (excludes halogenated alkanes) is 32. The summed E-state index contributed by atoms with van der Waals surface area (Å²) < 4.78 is 16.8. The molecule has 0 amide bonds. The second kappa shape index (κ2) is 55.7. The monoisotopic (exact) mass is 937 g/mol. The van der Waals surface area contributed by atoms with E-state index < -0.39 is 6.10 Å². The molecule has 0 aliphatic heterocycles. The van der Waals surface area contributed by atoms with Crippen molar-refractivity contribution in [2.24, 2.45) is 0 Å². The van der Waals surface area contributed by atoms with Crippen molar-refractivity contribution in [3.63, 3.8) is 0 Å². The van der Waals surface area contributed by atoms with E-state index in [1.165, 1.54) is 148 Å². The third-order valence-corrected chi connectivity index (χ3v) is 12.5. The summed E-state index contributed by atoms with van der Waals surface area (Å²) in [5, 5.41) is 0. The van der Waals surface area contributed by atoms with E-state index in [0.29, 0.717) is 19.3 Å². The number of rotatable bonds is 52. The van der Waals surface area contributed by atoms with E-state index in [4.69, 9.17) is 14.2 Å². The van der Waals surface area contributed by atoms with Gasteiger partial charge in [0.1, 0.15) is 13.2 Å². The van der Waals surface area contributed by atoms with Crippen LogP contribution >= 0.6 is 0 Å². The summed E-state index contributed by atoms with van der Waals surface area (Å²) in [6.07, 6.45) is 69.3. The van der Waals surface area contributed by atoms with Crippen LogP contribution in [-0.4, -0.2) is 37.2 Å². The van der Waals surface area contributed by atoms with Gasteiger partial charge in [-0.15, -0.1) is 0 Å². The molecular formula is C61H108O6. The maximum absolute atomic E-state index is 12.8. The molecule has 0 aromatic carbocycles. The highest BCUT2D eigenvalue weighted by molar-refractivity contribution is 5.71. The Kier molecular flexibility index (Phi) is 53.3. The first-order valence-corrected chi connectivity index (χ1v) is 28.8. The number of hydrogen-bond donors (Lipinski definition) is 0. The van der Waals surface area contributed by atoms with E-state index in [-0.39, 0.29) is 31.1 Å². The minimum absolute atomic E-state index is 0.0830. The molecule has 0 saturated carbocycles. The fraction of sp³-hybridized carbons (Fsp3) is 0.787. The smallest absolute Gasteiger partial charge is 0.306 e. The zero-order valence-corrected chi connectivity index (χ0v) is 44.4. The fourth-order valence-electron chi connectivity index (χ4n) is 8.17. The Balaban J connectivity index is 4.35.